The van der Waals surface area contributed by atoms with Crippen LogP contribution in [0.15, 0.2) is 24.3 Å². The van der Waals surface area contributed by atoms with E-state index in [1.807, 2.05) is 0 Å². The molecule has 1 aromatic carbocycles. The summed E-state index contributed by atoms with van der Waals surface area (Å²) < 4.78 is 0. The lowest BCUT2D eigenvalue weighted by atomic mass is 10.1. The summed E-state index contributed by atoms with van der Waals surface area (Å²) in [7, 11) is 0. The van der Waals surface area contributed by atoms with E-state index in [1.165, 1.54) is 6.92 Å². The Labute approximate surface area is 86.3 Å². The van der Waals surface area contributed by atoms with Crippen LogP contribution in [0, 0.1) is 0 Å². The Balaban J connectivity index is 2.49. The summed E-state index contributed by atoms with van der Waals surface area (Å²) >= 11 is 0. The molecule has 0 amide bonds. The van der Waals surface area contributed by atoms with Crippen molar-refractivity contribution in [3.63, 3.8) is 0 Å². The molecule has 76 valence electrons. The minimum atomic E-state index is -0.115. The first-order chi connectivity index (χ1) is 7.18. The molecule has 0 fully saturated rings. The van der Waals surface area contributed by atoms with E-state index in [9.17, 15) is 4.79 Å². The van der Waals surface area contributed by atoms with Crippen molar-refractivity contribution in [1.82, 2.24) is 15.4 Å². The number of aromatic amines is 1. The molecule has 0 saturated carbocycles. The van der Waals surface area contributed by atoms with Crippen LogP contribution < -0.4 is 5.73 Å². The number of nitrogens with two attached hydrogens (primary N) is 1. The molecule has 0 aliphatic heterocycles. The Morgan fingerprint density at radius 1 is 1.27 bits per heavy atom. The van der Waals surface area contributed by atoms with Crippen LogP contribution in [0.2, 0.25) is 0 Å². The number of rotatable bonds is 2. The molecule has 15 heavy (non-hydrogen) atoms. The molecule has 0 aliphatic carbocycles. The van der Waals surface area contributed by atoms with E-state index >= 15 is 0 Å². The van der Waals surface area contributed by atoms with Crippen molar-refractivity contribution in [2.45, 2.75) is 6.92 Å². The summed E-state index contributed by atoms with van der Waals surface area (Å²) in [6.45, 7) is 1.46. The topological polar surface area (TPSA) is 84.7 Å². The number of nitrogens with zero attached hydrogens (tertiary/aromatic N) is 2. The standard InChI is InChI=1S/C10H10N4O/c1-6(15)9-10(13-14-12-9)7-2-4-8(11)5-3-7/h2-5H,11H2,1H3,(H,12,13,14). The van der Waals surface area contributed by atoms with Crippen LogP contribution in [-0.2, 0) is 0 Å². The largest absolute Gasteiger partial charge is 0.399 e. The van der Waals surface area contributed by atoms with E-state index in [2.05, 4.69) is 15.4 Å². The second-order valence-corrected chi connectivity index (χ2v) is 3.20. The number of carbonyl (C=O) groups is 1. The first-order valence-corrected chi connectivity index (χ1v) is 4.46. The van der Waals surface area contributed by atoms with Gasteiger partial charge in [0.25, 0.3) is 0 Å². The van der Waals surface area contributed by atoms with Crippen LogP contribution in [0.4, 0.5) is 5.69 Å². The first-order valence-electron chi connectivity index (χ1n) is 4.46. The smallest absolute Gasteiger partial charge is 0.182 e. The van der Waals surface area contributed by atoms with Crippen molar-refractivity contribution < 1.29 is 4.79 Å². The van der Waals surface area contributed by atoms with Gasteiger partial charge >= 0.3 is 0 Å². The quantitative estimate of drug-likeness (QED) is 0.567. The Morgan fingerprint density at radius 2 is 1.93 bits per heavy atom. The zero-order valence-corrected chi connectivity index (χ0v) is 8.19. The average molecular weight is 202 g/mol. The van der Waals surface area contributed by atoms with Gasteiger partial charge in [-0.3, -0.25) is 4.79 Å². The fourth-order valence-corrected chi connectivity index (χ4v) is 1.32. The molecule has 2 rings (SSSR count). The second-order valence-electron chi connectivity index (χ2n) is 3.20. The second kappa shape index (κ2) is 3.53. The number of hydrogen-bond donors (Lipinski definition) is 2. The number of nitrogens with one attached hydrogen (secondary N) is 1. The molecule has 5 nitrogen and oxygen atoms in total. The van der Waals surface area contributed by atoms with Gasteiger partial charge < -0.3 is 5.73 Å². The lowest BCUT2D eigenvalue weighted by molar-refractivity contribution is 0.101. The molecule has 1 aromatic heterocycles. The molecular formula is C10H10N4O. The summed E-state index contributed by atoms with van der Waals surface area (Å²) in [5, 5.41) is 10.2. The van der Waals surface area contributed by atoms with Crippen molar-refractivity contribution >= 4 is 11.5 Å². The van der Waals surface area contributed by atoms with Gasteiger partial charge in [-0.25, -0.2) is 0 Å². The van der Waals surface area contributed by atoms with Crippen molar-refractivity contribution in [3.8, 4) is 11.3 Å². The fraction of sp³-hybridized carbons (Fsp3) is 0.100. The van der Waals surface area contributed by atoms with Crippen LogP contribution >= 0.6 is 0 Å². The zero-order valence-electron chi connectivity index (χ0n) is 8.19. The van der Waals surface area contributed by atoms with Crippen molar-refractivity contribution in [2.24, 2.45) is 0 Å². The lowest BCUT2D eigenvalue weighted by Crippen LogP contribution is -1.95. The lowest BCUT2D eigenvalue weighted by Gasteiger charge is -1.98. The zero-order chi connectivity index (χ0) is 10.8. The highest BCUT2D eigenvalue weighted by atomic mass is 16.1. The number of ketones is 1. The van der Waals surface area contributed by atoms with Crippen molar-refractivity contribution in [2.75, 3.05) is 5.73 Å². The number of H-pyrrole nitrogens is 1. The SMILES string of the molecule is CC(=O)c1n[nH]nc1-c1ccc(N)cc1. The number of benzene rings is 1. The highest BCUT2D eigenvalue weighted by Crippen LogP contribution is 2.20. The van der Waals surface area contributed by atoms with Crippen LogP contribution in [0.3, 0.4) is 0 Å². The maximum atomic E-state index is 11.2. The van der Waals surface area contributed by atoms with Gasteiger partial charge in [-0.1, -0.05) is 12.1 Å². The molecule has 5 heteroatoms. The van der Waals surface area contributed by atoms with E-state index in [4.69, 9.17) is 5.73 Å². The molecular weight excluding hydrogens is 192 g/mol. The van der Waals surface area contributed by atoms with E-state index in [0.717, 1.165) is 5.56 Å². The van der Waals surface area contributed by atoms with Crippen molar-refractivity contribution in [3.05, 3.63) is 30.0 Å². The van der Waals surface area contributed by atoms with Gasteiger partial charge in [0.15, 0.2) is 11.5 Å². The predicted molar refractivity (Wildman–Crippen MR) is 56.2 cm³/mol. The highest BCUT2D eigenvalue weighted by Gasteiger charge is 2.13. The number of aromatic nitrogens is 3. The summed E-state index contributed by atoms with van der Waals surface area (Å²) in [5.41, 5.74) is 7.97. The summed E-state index contributed by atoms with van der Waals surface area (Å²) in [4.78, 5) is 11.2. The number of anilines is 1. The normalized spacial score (nSPS) is 10.2. The number of carbonyl (C=O) groups excluding carboxylic acids is 1. The van der Waals surface area contributed by atoms with Gasteiger partial charge in [0, 0.05) is 18.2 Å². The third kappa shape index (κ3) is 1.71. The summed E-state index contributed by atoms with van der Waals surface area (Å²) in [6.07, 6.45) is 0. The minimum Gasteiger partial charge on any atom is -0.399 e. The van der Waals surface area contributed by atoms with Gasteiger partial charge in [-0.05, 0) is 12.1 Å². The monoisotopic (exact) mass is 202 g/mol. The molecule has 1 heterocycles. The Hall–Kier alpha value is -2.17. The van der Waals surface area contributed by atoms with Crippen molar-refractivity contribution in [1.29, 1.82) is 0 Å². The fourth-order valence-electron chi connectivity index (χ4n) is 1.32. The summed E-state index contributed by atoms with van der Waals surface area (Å²) in [6, 6.07) is 7.13. The Kier molecular flexibility index (Phi) is 2.21. The third-order valence-corrected chi connectivity index (χ3v) is 2.07. The molecule has 2 aromatic rings. The van der Waals surface area contributed by atoms with Crippen LogP contribution in [0.5, 0.6) is 0 Å². The van der Waals surface area contributed by atoms with Crippen LogP contribution in [-0.4, -0.2) is 21.2 Å². The molecule has 0 saturated heterocycles. The Morgan fingerprint density at radius 3 is 2.53 bits per heavy atom. The highest BCUT2D eigenvalue weighted by molar-refractivity contribution is 5.97. The first kappa shape index (κ1) is 9.39. The molecule has 3 N–H and O–H groups in total. The van der Waals surface area contributed by atoms with Gasteiger partial charge in [0.2, 0.25) is 0 Å². The van der Waals surface area contributed by atoms with E-state index in [-0.39, 0.29) is 5.78 Å². The third-order valence-electron chi connectivity index (χ3n) is 2.07. The maximum absolute atomic E-state index is 11.2. The molecule has 0 unspecified atom stereocenters. The van der Waals surface area contributed by atoms with Crippen LogP contribution in [0.25, 0.3) is 11.3 Å². The number of hydrogen-bond acceptors (Lipinski definition) is 4. The Bertz CT molecular complexity index is 486. The number of Topliss-reactive ketones (excluding diaryl/α,β-unsaturated/α-hetero) is 1. The molecule has 0 radical (unpaired) electrons. The van der Waals surface area contributed by atoms with Crippen LogP contribution in [0.1, 0.15) is 17.4 Å². The molecule has 0 bridgehead atoms. The maximum Gasteiger partial charge on any atom is 0.182 e. The summed E-state index contributed by atoms with van der Waals surface area (Å²) in [5.74, 6) is -0.115. The molecule has 0 spiro atoms. The molecule has 0 aliphatic rings. The van der Waals surface area contributed by atoms with Gasteiger partial charge in [-0.2, -0.15) is 15.4 Å². The van der Waals surface area contributed by atoms with Gasteiger partial charge in [0.05, 0.1) is 0 Å². The number of nitrogen functional groups attached to an aromatic ring is 1. The van der Waals surface area contributed by atoms with Gasteiger partial charge in [0.1, 0.15) is 5.69 Å². The van der Waals surface area contributed by atoms with Gasteiger partial charge in [-0.15, -0.1) is 0 Å². The van der Waals surface area contributed by atoms with E-state index in [0.29, 0.717) is 17.1 Å². The van der Waals surface area contributed by atoms with E-state index in [1.54, 1.807) is 24.3 Å². The minimum absolute atomic E-state index is 0.115. The predicted octanol–water partition coefficient (Wildman–Crippen LogP) is 1.26. The average Bonchev–Trinajstić information content (AvgIpc) is 2.67. The van der Waals surface area contributed by atoms with E-state index < -0.39 is 0 Å². The molecule has 0 atom stereocenters.